The van der Waals surface area contributed by atoms with E-state index in [1.165, 1.54) is 18.2 Å². The number of hydrogen-bond donors (Lipinski definition) is 1. The van der Waals surface area contributed by atoms with Crippen molar-refractivity contribution in [3.63, 3.8) is 0 Å². The predicted molar refractivity (Wildman–Crippen MR) is 55.4 cm³/mol. The topological polar surface area (TPSA) is 21.3 Å². The lowest BCUT2D eigenvalue weighted by Gasteiger charge is -2.17. The fourth-order valence-electron chi connectivity index (χ4n) is 1.36. The van der Waals surface area contributed by atoms with Crippen LogP contribution >= 0.6 is 0 Å². The van der Waals surface area contributed by atoms with E-state index in [0.29, 0.717) is 0 Å². The average Bonchev–Trinajstić information content (AvgIpc) is 2.25. The quantitative estimate of drug-likeness (QED) is 0.844. The molecule has 0 spiro atoms. The second kappa shape index (κ2) is 5.75. The number of alkyl halides is 2. The molecule has 0 fully saturated rings. The van der Waals surface area contributed by atoms with Crippen LogP contribution in [-0.2, 0) is 0 Å². The normalized spacial score (nSPS) is 12.9. The van der Waals surface area contributed by atoms with Gasteiger partial charge in [0.1, 0.15) is 18.2 Å². The molecule has 0 aliphatic heterocycles. The molecule has 0 amide bonds. The van der Waals surface area contributed by atoms with Crippen molar-refractivity contribution in [1.82, 2.24) is 5.32 Å². The molecule has 0 aliphatic carbocycles. The van der Waals surface area contributed by atoms with E-state index in [1.807, 2.05) is 0 Å². The van der Waals surface area contributed by atoms with Gasteiger partial charge >= 0.3 is 0 Å². The van der Waals surface area contributed by atoms with Gasteiger partial charge in [0.05, 0.1) is 0 Å². The van der Waals surface area contributed by atoms with Gasteiger partial charge in [-0.05, 0) is 26.1 Å². The van der Waals surface area contributed by atoms with Gasteiger partial charge in [0.2, 0.25) is 0 Å². The van der Waals surface area contributed by atoms with Gasteiger partial charge in [0.25, 0.3) is 6.43 Å². The summed E-state index contributed by atoms with van der Waals surface area (Å²) in [7, 11) is 1.66. The van der Waals surface area contributed by atoms with E-state index in [4.69, 9.17) is 4.74 Å². The van der Waals surface area contributed by atoms with Crippen molar-refractivity contribution in [3.05, 3.63) is 29.6 Å². The number of ether oxygens (including phenoxy) is 1. The lowest BCUT2D eigenvalue weighted by Crippen LogP contribution is -2.17. The van der Waals surface area contributed by atoms with Crippen molar-refractivity contribution in [3.8, 4) is 5.75 Å². The zero-order valence-electron chi connectivity index (χ0n) is 9.14. The third-order valence-electron chi connectivity index (χ3n) is 2.24. The minimum absolute atomic E-state index is 0.155. The number of hydrogen-bond acceptors (Lipinski definition) is 2. The first-order chi connectivity index (χ1) is 7.56. The first-order valence-electron chi connectivity index (χ1n) is 4.93. The minimum atomic E-state index is -2.57. The molecule has 0 radical (unpaired) electrons. The van der Waals surface area contributed by atoms with Crippen LogP contribution in [0, 0.1) is 5.82 Å². The van der Waals surface area contributed by atoms with E-state index in [-0.39, 0.29) is 17.4 Å². The summed E-state index contributed by atoms with van der Waals surface area (Å²) in [6.45, 7) is 1.00. The van der Waals surface area contributed by atoms with Crippen molar-refractivity contribution < 1.29 is 17.9 Å². The van der Waals surface area contributed by atoms with Gasteiger partial charge in [0, 0.05) is 11.6 Å². The Kier molecular flexibility index (Phi) is 4.61. The van der Waals surface area contributed by atoms with E-state index in [9.17, 15) is 13.2 Å². The van der Waals surface area contributed by atoms with Gasteiger partial charge in [-0.3, -0.25) is 0 Å². The molecule has 1 aromatic rings. The average molecular weight is 233 g/mol. The Morgan fingerprint density at radius 2 is 2.06 bits per heavy atom. The van der Waals surface area contributed by atoms with E-state index in [0.717, 1.165) is 0 Å². The molecule has 0 saturated carbocycles. The summed E-state index contributed by atoms with van der Waals surface area (Å²) in [6.07, 6.45) is -2.57. The fraction of sp³-hybridized carbons (Fsp3) is 0.455. The van der Waals surface area contributed by atoms with Crippen molar-refractivity contribution in [1.29, 1.82) is 0 Å². The molecule has 1 aromatic carbocycles. The Morgan fingerprint density at radius 3 is 2.62 bits per heavy atom. The summed E-state index contributed by atoms with van der Waals surface area (Å²) < 4.78 is 42.4. The van der Waals surface area contributed by atoms with Crippen LogP contribution in [0.15, 0.2) is 18.2 Å². The largest absolute Gasteiger partial charge is 0.487 e. The molecule has 1 rings (SSSR count). The Hall–Kier alpha value is -1.23. The van der Waals surface area contributed by atoms with Crippen LogP contribution in [0.3, 0.4) is 0 Å². The zero-order chi connectivity index (χ0) is 12.1. The number of benzene rings is 1. The van der Waals surface area contributed by atoms with Crippen LogP contribution in [0.4, 0.5) is 13.2 Å². The Balaban J connectivity index is 2.93. The molecular weight excluding hydrogens is 219 g/mol. The minimum Gasteiger partial charge on any atom is -0.487 e. The fourth-order valence-corrected chi connectivity index (χ4v) is 1.36. The molecule has 0 aliphatic rings. The molecule has 90 valence electrons. The molecule has 0 heterocycles. The molecule has 2 nitrogen and oxygen atoms in total. The van der Waals surface area contributed by atoms with Crippen LogP contribution < -0.4 is 10.1 Å². The summed E-state index contributed by atoms with van der Waals surface area (Å²) in [5.74, 6) is -0.309. The van der Waals surface area contributed by atoms with Crippen LogP contribution in [0.2, 0.25) is 0 Å². The second-order valence-electron chi connectivity index (χ2n) is 3.36. The summed E-state index contributed by atoms with van der Waals surface area (Å²) >= 11 is 0. The van der Waals surface area contributed by atoms with Crippen molar-refractivity contribution in [2.24, 2.45) is 0 Å². The molecule has 0 aromatic heterocycles. The maximum atomic E-state index is 13.5. The third-order valence-corrected chi connectivity index (χ3v) is 2.24. The maximum Gasteiger partial charge on any atom is 0.272 e. The van der Waals surface area contributed by atoms with Gasteiger partial charge in [-0.25, -0.2) is 13.2 Å². The summed E-state index contributed by atoms with van der Waals surface area (Å²) in [6, 6.07) is 3.89. The maximum absolute atomic E-state index is 13.5. The first kappa shape index (κ1) is 12.8. The lowest BCUT2D eigenvalue weighted by molar-refractivity contribution is 0.0809. The molecule has 0 bridgehead atoms. The number of rotatable bonds is 5. The van der Waals surface area contributed by atoms with Gasteiger partial charge in [-0.15, -0.1) is 0 Å². The van der Waals surface area contributed by atoms with Gasteiger partial charge in [-0.2, -0.15) is 0 Å². The van der Waals surface area contributed by atoms with Crippen molar-refractivity contribution in [2.75, 3.05) is 13.7 Å². The number of nitrogens with one attached hydrogen (secondary N) is 1. The van der Waals surface area contributed by atoms with E-state index in [2.05, 4.69) is 5.32 Å². The summed E-state index contributed by atoms with van der Waals surface area (Å²) in [5.41, 5.74) is 0.269. The lowest BCUT2D eigenvalue weighted by atomic mass is 10.1. The van der Waals surface area contributed by atoms with Crippen LogP contribution in [0.1, 0.15) is 18.5 Å². The standard InChI is InChI=1S/C11H14F3NO/c1-7(15-2)11-8(12)4-3-5-9(11)16-6-10(13)14/h3-5,7,10,15H,6H2,1-2H3. The Bertz CT molecular complexity index is 344. The third kappa shape index (κ3) is 3.13. The summed E-state index contributed by atoms with van der Waals surface area (Å²) in [5, 5.41) is 2.84. The zero-order valence-corrected chi connectivity index (χ0v) is 9.14. The molecule has 5 heteroatoms. The predicted octanol–water partition coefficient (Wildman–Crippen LogP) is 2.75. The molecule has 1 N–H and O–H groups in total. The smallest absolute Gasteiger partial charge is 0.272 e. The highest BCUT2D eigenvalue weighted by molar-refractivity contribution is 5.36. The highest BCUT2D eigenvalue weighted by Crippen LogP contribution is 2.27. The van der Waals surface area contributed by atoms with Crippen LogP contribution in [0.5, 0.6) is 5.75 Å². The molecule has 16 heavy (non-hydrogen) atoms. The highest BCUT2D eigenvalue weighted by Gasteiger charge is 2.16. The Labute approximate surface area is 92.4 Å². The summed E-state index contributed by atoms with van der Waals surface area (Å²) in [4.78, 5) is 0. The molecule has 1 unspecified atom stereocenters. The highest BCUT2D eigenvalue weighted by atomic mass is 19.3. The molecular formula is C11H14F3NO. The monoisotopic (exact) mass is 233 g/mol. The number of halogens is 3. The molecule has 0 saturated heterocycles. The van der Waals surface area contributed by atoms with Gasteiger partial charge < -0.3 is 10.1 Å². The first-order valence-corrected chi connectivity index (χ1v) is 4.93. The van der Waals surface area contributed by atoms with Crippen LogP contribution in [-0.4, -0.2) is 20.1 Å². The van der Waals surface area contributed by atoms with E-state index >= 15 is 0 Å². The van der Waals surface area contributed by atoms with E-state index < -0.39 is 18.8 Å². The van der Waals surface area contributed by atoms with Crippen LogP contribution in [0.25, 0.3) is 0 Å². The van der Waals surface area contributed by atoms with Crippen molar-refractivity contribution >= 4 is 0 Å². The molecule has 1 atom stereocenters. The Morgan fingerprint density at radius 1 is 1.38 bits per heavy atom. The van der Waals surface area contributed by atoms with E-state index in [1.54, 1.807) is 14.0 Å². The van der Waals surface area contributed by atoms with Crippen molar-refractivity contribution in [2.45, 2.75) is 19.4 Å². The SMILES string of the molecule is CNC(C)c1c(F)cccc1OCC(F)F. The van der Waals surface area contributed by atoms with Gasteiger partial charge in [0.15, 0.2) is 0 Å². The van der Waals surface area contributed by atoms with Gasteiger partial charge in [-0.1, -0.05) is 6.07 Å². The second-order valence-corrected chi connectivity index (χ2v) is 3.36.